The van der Waals surface area contributed by atoms with Crippen LogP contribution in [0.4, 0.5) is 0 Å². The lowest BCUT2D eigenvalue weighted by atomic mass is 10.1. The van der Waals surface area contributed by atoms with Crippen molar-refractivity contribution in [1.29, 1.82) is 0 Å². The van der Waals surface area contributed by atoms with E-state index in [0.717, 1.165) is 11.1 Å². The van der Waals surface area contributed by atoms with Crippen molar-refractivity contribution in [3.05, 3.63) is 52.5 Å². The number of carbonyl (C=O) groups is 1. The highest BCUT2D eigenvalue weighted by atomic mass is 32.1. The Labute approximate surface area is 142 Å². The van der Waals surface area contributed by atoms with E-state index in [4.69, 9.17) is 14.4 Å². The fraction of sp³-hybridized carbons (Fsp3) is 0.118. The summed E-state index contributed by atoms with van der Waals surface area (Å²) in [7, 11) is 1.58. The van der Waals surface area contributed by atoms with Crippen molar-refractivity contribution in [3.63, 3.8) is 0 Å². The molecule has 3 rings (SSSR count). The Morgan fingerprint density at radius 2 is 2.29 bits per heavy atom. The predicted octanol–water partition coefficient (Wildman–Crippen LogP) is 3.82. The van der Waals surface area contributed by atoms with Crippen LogP contribution in [-0.2, 0) is 4.79 Å². The average molecular weight is 342 g/mol. The summed E-state index contributed by atoms with van der Waals surface area (Å²) in [4.78, 5) is 15.5. The number of nitrogens with zero attached hydrogens (tertiary/aromatic N) is 2. The van der Waals surface area contributed by atoms with Crippen molar-refractivity contribution in [2.45, 2.75) is 6.42 Å². The standard InChI is InChI=1S/C17H14N2O4S/c1-22-14-4-2-3-11(8-14)7-13(9-15(20)21)17-18-16(19-23-17)12-5-6-24-10-12/h2-8,10H,9H2,1H3,(H,20,21)/b13-7+. The predicted molar refractivity (Wildman–Crippen MR) is 90.7 cm³/mol. The number of thiophene rings is 1. The van der Waals surface area contributed by atoms with Gasteiger partial charge in [-0.3, -0.25) is 4.79 Å². The van der Waals surface area contributed by atoms with E-state index in [2.05, 4.69) is 10.1 Å². The number of carboxylic acid groups (broad SMARTS) is 1. The highest BCUT2D eigenvalue weighted by Crippen LogP contribution is 2.25. The van der Waals surface area contributed by atoms with Crippen molar-refractivity contribution in [3.8, 4) is 17.1 Å². The van der Waals surface area contributed by atoms with Gasteiger partial charge in [-0.05, 0) is 35.2 Å². The molecule has 1 N–H and O–H groups in total. The van der Waals surface area contributed by atoms with E-state index in [0.29, 0.717) is 17.1 Å². The van der Waals surface area contributed by atoms with Crippen molar-refractivity contribution >= 4 is 29.0 Å². The summed E-state index contributed by atoms with van der Waals surface area (Å²) in [5.41, 5.74) is 2.07. The Kier molecular flexibility index (Phi) is 4.72. The minimum absolute atomic E-state index is 0.196. The Morgan fingerprint density at radius 1 is 1.42 bits per heavy atom. The van der Waals surface area contributed by atoms with Crippen LogP contribution in [0.3, 0.4) is 0 Å². The minimum atomic E-state index is -0.973. The van der Waals surface area contributed by atoms with E-state index in [1.54, 1.807) is 19.3 Å². The van der Waals surface area contributed by atoms with Gasteiger partial charge in [0.05, 0.1) is 13.5 Å². The van der Waals surface area contributed by atoms with Gasteiger partial charge in [0, 0.05) is 16.5 Å². The van der Waals surface area contributed by atoms with Gasteiger partial charge < -0.3 is 14.4 Å². The molecule has 0 saturated heterocycles. The van der Waals surface area contributed by atoms with Gasteiger partial charge in [0.15, 0.2) is 0 Å². The Hall–Kier alpha value is -2.93. The first kappa shape index (κ1) is 15.9. The highest BCUT2D eigenvalue weighted by Gasteiger charge is 2.16. The molecular weight excluding hydrogens is 328 g/mol. The zero-order valence-electron chi connectivity index (χ0n) is 12.8. The topological polar surface area (TPSA) is 85.5 Å². The van der Waals surface area contributed by atoms with Gasteiger partial charge in [-0.15, -0.1) is 0 Å². The van der Waals surface area contributed by atoms with Crippen molar-refractivity contribution in [2.24, 2.45) is 0 Å². The number of benzene rings is 1. The molecule has 3 aromatic rings. The van der Waals surface area contributed by atoms with Gasteiger partial charge in [0.2, 0.25) is 5.82 Å². The van der Waals surface area contributed by atoms with Crippen LogP contribution in [0.15, 0.2) is 45.6 Å². The smallest absolute Gasteiger partial charge is 0.308 e. The highest BCUT2D eigenvalue weighted by molar-refractivity contribution is 7.08. The number of aliphatic carboxylic acids is 1. The third-order valence-electron chi connectivity index (χ3n) is 3.26. The molecule has 0 aliphatic rings. The summed E-state index contributed by atoms with van der Waals surface area (Å²) >= 11 is 1.53. The molecule has 0 spiro atoms. The van der Waals surface area contributed by atoms with Crippen molar-refractivity contribution in [2.75, 3.05) is 7.11 Å². The molecule has 0 amide bonds. The normalized spacial score (nSPS) is 11.5. The molecule has 0 aliphatic heterocycles. The van der Waals surface area contributed by atoms with Gasteiger partial charge in [0.1, 0.15) is 5.75 Å². The van der Waals surface area contributed by atoms with Gasteiger partial charge in [-0.1, -0.05) is 17.3 Å². The fourth-order valence-corrected chi connectivity index (χ4v) is 2.78. The van der Waals surface area contributed by atoms with Gasteiger partial charge in [-0.2, -0.15) is 16.3 Å². The summed E-state index contributed by atoms with van der Waals surface area (Å²) in [5, 5.41) is 16.9. The van der Waals surface area contributed by atoms with E-state index in [1.165, 1.54) is 11.3 Å². The molecule has 0 unspecified atom stereocenters. The molecule has 0 radical (unpaired) electrons. The van der Waals surface area contributed by atoms with Crippen molar-refractivity contribution in [1.82, 2.24) is 10.1 Å². The van der Waals surface area contributed by atoms with E-state index in [1.807, 2.05) is 35.0 Å². The molecule has 2 heterocycles. The van der Waals surface area contributed by atoms with E-state index >= 15 is 0 Å². The Morgan fingerprint density at radius 3 is 3.00 bits per heavy atom. The van der Waals surface area contributed by atoms with Crippen LogP contribution in [-0.4, -0.2) is 28.3 Å². The first-order valence-electron chi connectivity index (χ1n) is 7.09. The third-order valence-corrected chi connectivity index (χ3v) is 3.94. The fourth-order valence-electron chi connectivity index (χ4n) is 2.15. The lowest BCUT2D eigenvalue weighted by Gasteiger charge is -2.02. The summed E-state index contributed by atoms with van der Waals surface area (Å²) in [6.45, 7) is 0. The lowest BCUT2D eigenvalue weighted by Crippen LogP contribution is -1.97. The van der Waals surface area contributed by atoms with Crippen LogP contribution in [0.2, 0.25) is 0 Å². The zero-order valence-corrected chi connectivity index (χ0v) is 13.6. The molecule has 0 bridgehead atoms. The summed E-state index contributed by atoms with van der Waals surface area (Å²) in [5.74, 6) is 0.344. The SMILES string of the molecule is COc1cccc(/C=C(\CC(=O)O)c2nc(-c3ccsc3)no2)c1. The molecule has 6 nitrogen and oxygen atoms in total. The number of methoxy groups -OCH3 is 1. The van der Waals surface area contributed by atoms with Gasteiger partial charge in [-0.25, -0.2) is 0 Å². The van der Waals surface area contributed by atoms with Crippen LogP contribution < -0.4 is 4.74 Å². The van der Waals surface area contributed by atoms with E-state index < -0.39 is 5.97 Å². The molecule has 1 aromatic carbocycles. The number of hydrogen-bond acceptors (Lipinski definition) is 6. The van der Waals surface area contributed by atoms with Crippen LogP contribution >= 0.6 is 11.3 Å². The van der Waals surface area contributed by atoms with Gasteiger partial charge in [0.25, 0.3) is 5.89 Å². The second kappa shape index (κ2) is 7.10. The third kappa shape index (κ3) is 3.69. The number of carboxylic acids is 1. The molecule has 7 heteroatoms. The second-order valence-electron chi connectivity index (χ2n) is 4.95. The summed E-state index contributed by atoms with van der Waals surface area (Å²) < 4.78 is 10.4. The maximum absolute atomic E-state index is 11.2. The van der Waals surface area contributed by atoms with Crippen LogP contribution in [0.1, 0.15) is 17.9 Å². The van der Waals surface area contributed by atoms with Gasteiger partial charge >= 0.3 is 5.97 Å². The molecular formula is C17H14N2O4S. The maximum Gasteiger partial charge on any atom is 0.308 e. The molecule has 2 aromatic heterocycles. The number of hydrogen-bond donors (Lipinski definition) is 1. The largest absolute Gasteiger partial charge is 0.497 e. The first-order valence-corrected chi connectivity index (χ1v) is 8.03. The van der Waals surface area contributed by atoms with Crippen LogP contribution in [0.25, 0.3) is 23.0 Å². The van der Waals surface area contributed by atoms with Crippen molar-refractivity contribution < 1.29 is 19.2 Å². The van der Waals surface area contributed by atoms with E-state index in [9.17, 15) is 4.79 Å². The number of aromatic nitrogens is 2. The molecule has 0 fully saturated rings. The Balaban J connectivity index is 1.97. The number of rotatable bonds is 6. The molecule has 24 heavy (non-hydrogen) atoms. The van der Waals surface area contributed by atoms with Crippen LogP contribution in [0.5, 0.6) is 5.75 Å². The van der Waals surface area contributed by atoms with Crippen LogP contribution in [0, 0.1) is 0 Å². The molecule has 0 saturated carbocycles. The number of ether oxygens (including phenoxy) is 1. The Bertz CT molecular complexity index is 868. The second-order valence-corrected chi connectivity index (χ2v) is 5.73. The zero-order chi connectivity index (χ0) is 16.9. The monoisotopic (exact) mass is 342 g/mol. The molecule has 122 valence electrons. The first-order chi connectivity index (χ1) is 11.7. The molecule has 0 atom stereocenters. The summed E-state index contributed by atoms with van der Waals surface area (Å²) in [6, 6.07) is 9.17. The average Bonchev–Trinajstić information content (AvgIpc) is 3.25. The lowest BCUT2D eigenvalue weighted by molar-refractivity contribution is -0.135. The maximum atomic E-state index is 11.2. The minimum Gasteiger partial charge on any atom is -0.497 e. The quantitative estimate of drug-likeness (QED) is 0.733. The molecule has 0 aliphatic carbocycles. The van der Waals surface area contributed by atoms with E-state index in [-0.39, 0.29) is 12.3 Å². The summed E-state index contributed by atoms with van der Waals surface area (Å²) in [6.07, 6.45) is 1.49.